The van der Waals surface area contributed by atoms with E-state index in [1.807, 2.05) is 13.0 Å². The van der Waals surface area contributed by atoms with E-state index >= 15 is 0 Å². The number of fused-ring (bicyclic) bond motifs is 1. The number of ether oxygens (including phenoxy) is 2. The second-order valence-corrected chi connectivity index (χ2v) is 7.39. The summed E-state index contributed by atoms with van der Waals surface area (Å²) in [5.41, 5.74) is 2.28. The highest BCUT2D eigenvalue weighted by Gasteiger charge is 2.36. The molecule has 170 valence electrons. The Hall–Kier alpha value is -4.41. The standard InChI is InChI=1S/C22H21N5O6/c1-12-20(13-7-8-17(32-2)18(9-13)33-3)21-24-22(29)16(26(21)25-12)11-19(28)23-14-5-4-6-15(10-14)27(30)31/h4-10,16H,11H2,1-3H3,(H,23,28)(H,24,29). The Morgan fingerprint density at radius 2 is 1.97 bits per heavy atom. The largest absolute Gasteiger partial charge is 0.493 e. The first kappa shape index (κ1) is 21.8. The third-order valence-corrected chi connectivity index (χ3v) is 5.32. The Bertz CT molecular complexity index is 1270. The van der Waals surface area contributed by atoms with E-state index < -0.39 is 16.9 Å². The van der Waals surface area contributed by atoms with Gasteiger partial charge < -0.3 is 20.1 Å². The molecule has 4 rings (SSSR count). The number of nitro benzene ring substituents is 1. The fourth-order valence-electron chi connectivity index (χ4n) is 3.81. The quantitative estimate of drug-likeness (QED) is 0.415. The van der Waals surface area contributed by atoms with Crippen LogP contribution in [0.25, 0.3) is 11.1 Å². The molecule has 0 radical (unpaired) electrons. The molecule has 0 aliphatic carbocycles. The topological polar surface area (TPSA) is 138 Å². The number of hydrogen-bond donors (Lipinski definition) is 2. The van der Waals surface area contributed by atoms with E-state index in [9.17, 15) is 19.7 Å². The van der Waals surface area contributed by atoms with Crippen LogP contribution in [0.15, 0.2) is 42.5 Å². The molecule has 2 N–H and O–H groups in total. The highest BCUT2D eigenvalue weighted by atomic mass is 16.6. The minimum Gasteiger partial charge on any atom is -0.493 e. The normalized spacial score (nSPS) is 14.4. The summed E-state index contributed by atoms with van der Waals surface area (Å²) in [7, 11) is 3.08. The van der Waals surface area contributed by atoms with Crippen molar-refractivity contribution in [2.45, 2.75) is 19.4 Å². The van der Waals surface area contributed by atoms with Gasteiger partial charge in [-0.3, -0.25) is 19.7 Å². The lowest BCUT2D eigenvalue weighted by atomic mass is 10.1. The Morgan fingerprint density at radius 1 is 1.21 bits per heavy atom. The molecular formula is C22H21N5O6. The number of carbonyl (C=O) groups is 2. The second kappa shape index (κ2) is 8.61. The van der Waals surface area contributed by atoms with Gasteiger partial charge in [-0.25, -0.2) is 4.68 Å². The van der Waals surface area contributed by atoms with Crippen molar-refractivity contribution in [1.29, 1.82) is 0 Å². The van der Waals surface area contributed by atoms with Gasteiger partial charge in [0.15, 0.2) is 11.5 Å². The Labute approximate surface area is 188 Å². The molecule has 11 nitrogen and oxygen atoms in total. The molecule has 33 heavy (non-hydrogen) atoms. The maximum atomic E-state index is 12.7. The van der Waals surface area contributed by atoms with Crippen molar-refractivity contribution in [3.8, 4) is 22.6 Å². The number of nitro groups is 1. The van der Waals surface area contributed by atoms with Gasteiger partial charge in [0, 0.05) is 23.4 Å². The number of nitrogens with zero attached hydrogens (tertiary/aromatic N) is 3. The number of nitrogens with one attached hydrogen (secondary N) is 2. The molecule has 2 heterocycles. The number of non-ortho nitro benzene ring substituents is 1. The fourth-order valence-corrected chi connectivity index (χ4v) is 3.81. The molecule has 0 spiro atoms. The zero-order valence-corrected chi connectivity index (χ0v) is 18.1. The van der Waals surface area contributed by atoms with Gasteiger partial charge in [0.25, 0.3) is 11.6 Å². The summed E-state index contributed by atoms with van der Waals surface area (Å²) in [5, 5.41) is 20.8. The highest BCUT2D eigenvalue weighted by Crippen LogP contribution is 2.41. The van der Waals surface area contributed by atoms with Crippen molar-refractivity contribution in [3.05, 3.63) is 58.3 Å². The van der Waals surface area contributed by atoms with E-state index in [2.05, 4.69) is 15.7 Å². The number of amides is 2. The molecule has 1 atom stereocenters. The predicted octanol–water partition coefficient (Wildman–Crippen LogP) is 3.31. The summed E-state index contributed by atoms with van der Waals surface area (Å²) in [6.07, 6.45) is -0.186. The minimum absolute atomic E-state index is 0.143. The summed E-state index contributed by atoms with van der Waals surface area (Å²) in [6, 6.07) is 10.1. The number of anilines is 2. The Morgan fingerprint density at radius 3 is 2.67 bits per heavy atom. The molecule has 0 saturated carbocycles. The SMILES string of the molecule is COc1ccc(-c2c(C)nn3c2NC(=O)C3CC(=O)Nc2cccc([N+](=O)[O-])c2)cc1OC. The van der Waals surface area contributed by atoms with Gasteiger partial charge in [0.05, 0.1) is 31.3 Å². The summed E-state index contributed by atoms with van der Waals surface area (Å²) in [6.45, 7) is 1.81. The molecular weight excluding hydrogens is 430 g/mol. The van der Waals surface area contributed by atoms with E-state index in [1.54, 1.807) is 19.2 Å². The maximum Gasteiger partial charge on any atom is 0.271 e. The summed E-state index contributed by atoms with van der Waals surface area (Å²) >= 11 is 0. The third-order valence-electron chi connectivity index (χ3n) is 5.32. The van der Waals surface area contributed by atoms with E-state index in [0.717, 1.165) is 5.56 Å². The molecule has 1 aliphatic rings. The number of carbonyl (C=O) groups excluding carboxylic acids is 2. The predicted molar refractivity (Wildman–Crippen MR) is 120 cm³/mol. The van der Waals surface area contributed by atoms with Gasteiger partial charge in [-0.1, -0.05) is 12.1 Å². The molecule has 1 unspecified atom stereocenters. The van der Waals surface area contributed by atoms with Crippen molar-refractivity contribution in [2.75, 3.05) is 24.9 Å². The molecule has 1 aromatic heterocycles. The number of rotatable bonds is 7. The van der Waals surface area contributed by atoms with E-state index in [-0.39, 0.29) is 23.7 Å². The van der Waals surface area contributed by atoms with Gasteiger partial charge in [-0.15, -0.1) is 0 Å². The average molecular weight is 451 g/mol. The number of benzene rings is 2. The van der Waals surface area contributed by atoms with Crippen LogP contribution in [-0.2, 0) is 9.59 Å². The van der Waals surface area contributed by atoms with Crippen LogP contribution in [0, 0.1) is 17.0 Å². The lowest BCUT2D eigenvalue weighted by Gasteiger charge is -2.10. The molecule has 1 aliphatic heterocycles. The maximum absolute atomic E-state index is 12.7. The first-order valence-corrected chi connectivity index (χ1v) is 9.99. The van der Waals surface area contributed by atoms with Crippen LogP contribution in [0.1, 0.15) is 18.2 Å². The summed E-state index contributed by atoms with van der Waals surface area (Å²) in [5.74, 6) is 0.754. The van der Waals surface area contributed by atoms with Crippen LogP contribution in [0.5, 0.6) is 11.5 Å². The van der Waals surface area contributed by atoms with E-state index in [0.29, 0.717) is 28.6 Å². The third kappa shape index (κ3) is 4.07. The van der Waals surface area contributed by atoms with Crippen molar-refractivity contribution in [1.82, 2.24) is 9.78 Å². The lowest BCUT2D eigenvalue weighted by molar-refractivity contribution is -0.384. The molecule has 2 amide bonds. The summed E-state index contributed by atoms with van der Waals surface area (Å²) < 4.78 is 12.2. The van der Waals surface area contributed by atoms with E-state index in [1.165, 1.54) is 36.1 Å². The molecule has 0 saturated heterocycles. The van der Waals surface area contributed by atoms with Gasteiger partial charge in [-0.2, -0.15) is 5.10 Å². The van der Waals surface area contributed by atoms with Crippen molar-refractivity contribution in [2.24, 2.45) is 0 Å². The molecule has 0 fully saturated rings. The molecule has 11 heteroatoms. The van der Waals surface area contributed by atoms with Crippen molar-refractivity contribution in [3.63, 3.8) is 0 Å². The van der Waals surface area contributed by atoms with Crippen LogP contribution in [0.2, 0.25) is 0 Å². The second-order valence-electron chi connectivity index (χ2n) is 7.39. The van der Waals surface area contributed by atoms with Crippen LogP contribution in [0.4, 0.5) is 17.2 Å². The lowest BCUT2D eigenvalue weighted by Crippen LogP contribution is -2.23. The first-order valence-electron chi connectivity index (χ1n) is 9.99. The molecule has 3 aromatic rings. The van der Waals surface area contributed by atoms with E-state index in [4.69, 9.17) is 9.47 Å². The Kier molecular flexibility index (Phi) is 5.69. The minimum atomic E-state index is -0.855. The van der Waals surface area contributed by atoms with Gasteiger partial charge >= 0.3 is 0 Å². The summed E-state index contributed by atoms with van der Waals surface area (Å²) in [4.78, 5) is 35.6. The zero-order chi connectivity index (χ0) is 23.7. The number of hydrogen-bond acceptors (Lipinski definition) is 7. The average Bonchev–Trinajstić information content (AvgIpc) is 3.26. The van der Waals surface area contributed by atoms with Crippen LogP contribution in [0.3, 0.4) is 0 Å². The fraction of sp³-hybridized carbons (Fsp3) is 0.227. The smallest absolute Gasteiger partial charge is 0.271 e. The van der Waals surface area contributed by atoms with Crippen molar-refractivity contribution >= 4 is 29.0 Å². The molecule has 2 aromatic carbocycles. The Balaban J connectivity index is 1.59. The monoisotopic (exact) mass is 451 g/mol. The van der Waals surface area contributed by atoms with Crippen molar-refractivity contribution < 1.29 is 24.0 Å². The number of methoxy groups -OCH3 is 2. The van der Waals surface area contributed by atoms with Crippen LogP contribution < -0.4 is 20.1 Å². The van der Waals surface area contributed by atoms with Gasteiger partial charge in [-0.05, 0) is 30.7 Å². The van der Waals surface area contributed by atoms with Crippen LogP contribution >= 0.6 is 0 Å². The van der Waals surface area contributed by atoms with Gasteiger partial charge in [0.1, 0.15) is 11.9 Å². The highest BCUT2D eigenvalue weighted by molar-refractivity contribution is 6.04. The first-order chi connectivity index (χ1) is 15.8. The van der Waals surface area contributed by atoms with Crippen LogP contribution in [-0.4, -0.2) is 40.7 Å². The molecule has 0 bridgehead atoms. The van der Waals surface area contributed by atoms with Gasteiger partial charge in [0.2, 0.25) is 5.91 Å². The number of aromatic nitrogens is 2. The number of aryl methyl sites for hydroxylation is 1. The zero-order valence-electron chi connectivity index (χ0n) is 18.1.